The van der Waals surface area contributed by atoms with E-state index < -0.39 is 0 Å². The van der Waals surface area contributed by atoms with Crippen LogP contribution in [0.2, 0.25) is 0 Å². The van der Waals surface area contributed by atoms with Crippen LogP contribution in [0.1, 0.15) is 5.69 Å². The van der Waals surface area contributed by atoms with E-state index in [4.69, 9.17) is 5.73 Å². The molecule has 1 rings (SSSR count). The highest BCUT2D eigenvalue weighted by atomic mass is 15.2. The quantitative estimate of drug-likeness (QED) is 0.649. The molecule has 0 spiro atoms. The first-order valence-electron chi connectivity index (χ1n) is 3.67. The molecule has 0 fully saturated rings. The normalized spacial score (nSPS) is 10.1. The Morgan fingerprint density at radius 3 is 2.91 bits per heavy atom. The molecular formula is C7H14N4. The number of aromatic amines is 1. The third kappa shape index (κ3) is 1.94. The summed E-state index contributed by atoms with van der Waals surface area (Å²) in [7, 11) is 1.96. The van der Waals surface area contributed by atoms with Crippen molar-refractivity contribution in [3.05, 3.63) is 11.9 Å². The van der Waals surface area contributed by atoms with E-state index in [1.165, 1.54) is 0 Å². The second-order valence-corrected chi connectivity index (χ2v) is 2.60. The van der Waals surface area contributed by atoms with Crippen molar-refractivity contribution in [2.24, 2.45) is 5.73 Å². The predicted molar refractivity (Wildman–Crippen MR) is 45.6 cm³/mol. The number of likely N-dealkylation sites (N-methyl/N-ethyl adjacent to an activating group) is 1. The summed E-state index contributed by atoms with van der Waals surface area (Å²) in [6, 6.07) is 0. The number of nitrogens with one attached hydrogen (secondary N) is 1. The van der Waals surface area contributed by atoms with Crippen LogP contribution in [0.5, 0.6) is 0 Å². The fourth-order valence-corrected chi connectivity index (χ4v) is 0.892. The third-order valence-corrected chi connectivity index (χ3v) is 1.52. The molecule has 11 heavy (non-hydrogen) atoms. The molecule has 0 aromatic carbocycles. The molecule has 0 amide bonds. The Labute approximate surface area is 66.4 Å². The highest BCUT2D eigenvalue weighted by molar-refractivity contribution is 5.29. The van der Waals surface area contributed by atoms with E-state index in [9.17, 15) is 0 Å². The largest absolute Gasteiger partial charge is 0.344 e. The smallest absolute Gasteiger partial charge is 0.202 e. The lowest BCUT2D eigenvalue weighted by atomic mass is 10.6. The van der Waals surface area contributed by atoms with Crippen LogP contribution in [-0.4, -0.2) is 30.1 Å². The first kappa shape index (κ1) is 8.07. The van der Waals surface area contributed by atoms with Gasteiger partial charge in [-0.1, -0.05) is 0 Å². The van der Waals surface area contributed by atoms with Crippen molar-refractivity contribution >= 4 is 5.95 Å². The van der Waals surface area contributed by atoms with Gasteiger partial charge in [-0.25, -0.2) is 4.98 Å². The Morgan fingerprint density at radius 1 is 1.73 bits per heavy atom. The van der Waals surface area contributed by atoms with Crippen molar-refractivity contribution in [2.45, 2.75) is 6.92 Å². The van der Waals surface area contributed by atoms with Crippen LogP contribution in [0.15, 0.2) is 6.20 Å². The summed E-state index contributed by atoms with van der Waals surface area (Å²) >= 11 is 0. The van der Waals surface area contributed by atoms with Gasteiger partial charge in [-0.2, -0.15) is 0 Å². The minimum atomic E-state index is 0.649. The molecular weight excluding hydrogens is 140 g/mol. The number of hydrogen-bond donors (Lipinski definition) is 2. The number of anilines is 1. The molecule has 1 heterocycles. The van der Waals surface area contributed by atoms with Crippen LogP contribution >= 0.6 is 0 Å². The van der Waals surface area contributed by atoms with Gasteiger partial charge in [0.25, 0.3) is 0 Å². The number of nitrogens with two attached hydrogens (primary N) is 1. The van der Waals surface area contributed by atoms with E-state index in [0.29, 0.717) is 6.54 Å². The fraction of sp³-hybridized carbons (Fsp3) is 0.571. The molecule has 0 aliphatic rings. The molecule has 62 valence electrons. The molecule has 1 aromatic heterocycles. The molecule has 0 saturated heterocycles. The van der Waals surface area contributed by atoms with Crippen LogP contribution in [0.3, 0.4) is 0 Å². The summed E-state index contributed by atoms with van der Waals surface area (Å²) in [5, 5.41) is 0. The SMILES string of the molecule is Cc1cnc(N(C)CCN)[nH]1. The van der Waals surface area contributed by atoms with Gasteiger partial charge in [-0.3, -0.25) is 0 Å². The summed E-state index contributed by atoms with van der Waals surface area (Å²) in [6.07, 6.45) is 1.81. The lowest BCUT2D eigenvalue weighted by Crippen LogP contribution is -2.25. The molecule has 0 unspecified atom stereocenters. The summed E-state index contributed by atoms with van der Waals surface area (Å²) in [4.78, 5) is 9.26. The van der Waals surface area contributed by atoms with Gasteiger partial charge in [0.15, 0.2) is 0 Å². The van der Waals surface area contributed by atoms with Gasteiger partial charge >= 0.3 is 0 Å². The van der Waals surface area contributed by atoms with Gasteiger partial charge in [-0.05, 0) is 6.92 Å². The average Bonchev–Trinajstić information content (AvgIpc) is 2.36. The monoisotopic (exact) mass is 154 g/mol. The number of aromatic nitrogens is 2. The minimum Gasteiger partial charge on any atom is -0.344 e. The summed E-state index contributed by atoms with van der Waals surface area (Å²) < 4.78 is 0. The van der Waals surface area contributed by atoms with Crippen molar-refractivity contribution in [3.8, 4) is 0 Å². The van der Waals surface area contributed by atoms with Gasteiger partial charge in [-0.15, -0.1) is 0 Å². The van der Waals surface area contributed by atoms with Crippen LogP contribution in [0.4, 0.5) is 5.95 Å². The summed E-state index contributed by atoms with van der Waals surface area (Å²) in [5.74, 6) is 0.882. The summed E-state index contributed by atoms with van der Waals surface area (Å²) in [5.41, 5.74) is 6.46. The Kier molecular flexibility index (Phi) is 2.48. The Hall–Kier alpha value is -1.03. The Bertz CT molecular complexity index is 218. The molecule has 0 bridgehead atoms. The zero-order valence-corrected chi connectivity index (χ0v) is 6.96. The molecule has 0 atom stereocenters. The fourth-order valence-electron chi connectivity index (χ4n) is 0.892. The maximum absolute atomic E-state index is 5.39. The number of rotatable bonds is 3. The molecule has 0 radical (unpaired) electrons. The van der Waals surface area contributed by atoms with Crippen LogP contribution in [-0.2, 0) is 0 Å². The van der Waals surface area contributed by atoms with E-state index in [2.05, 4.69) is 9.97 Å². The first-order valence-corrected chi connectivity index (χ1v) is 3.67. The van der Waals surface area contributed by atoms with Gasteiger partial charge < -0.3 is 15.6 Å². The number of H-pyrrole nitrogens is 1. The molecule has 4 nitrogen and oxygen atoms in total. The van der Waals surface area contributed by atoms with Crippen molar-refractivity contribution in [1.82, 2.24) is 9.97 Å². The average molecular weight is 154 g/mol. The lowest BCUT2D eigenvalue weighted by molar-refractivity contribution is 0.855. The maximum Gasteiger partial charge on any atom is 0.202 e. The van der Waals surface area contributed by atoms with Gasteiger partial charge in [0.2, 0.25) is 5.95 Å². The molecule has 0 aliphatic heterocycles. The Balaban J connectivity index is 2.60. The lowest BCUT2D eigenvalue weighted by Gasteiger charge is -2.13. The maximum atomic E-state index is 5.39. The van der Waals surface area contributed by atoms with Crippen molar-refractivity contribution in [2.75, 3.05) is 25.0 Å². The number of imidazole rings is 1. The van der Waals surface area contributed by atoms with Crippen molar-refractivity contribution < 1.29 is 0 Å². The van der Waals surface area contributed by atoms with E-state index in [1.807, 2.05) is 25.1 Å². The van der Waals surface area contributed by atoms with Gasteiger partial charge in [0, 0.05) is 32.0 Å². The highest BCUT2D eigenvalue weighted by Crippen LogP contribution is 2.04. The minimum absolute atomic E-state index is 0.649. The second kappa shape index (κ2) is 3.39. The Morgan fingerprint density at radius 2 is 2.45 bits per heavy atom. The highest BCUT2D eigenvalue weighted by Gasteiger charge is 2.01. The predicted octanol–water partition coefficient (Wildman–Crippen LogP) is 0.113. The van der Waals surface area contributed by atoms with Crippen molar-refractivity contribution in [3.63, 3.8) is 0 Å². The number of hydrogen-bond acceptors (Lipinski definition) is 3. The second-order valence-electron chi connectivity index (χ2n) is 2.60. The van der Waals surface area contributed by atoms with E-state index in [-0.39, 0.29) is 0 Å². The van der Waals surface area contributed by atoms with Crippen LogP contribution in [0.25, 0.3) is 0 Å². The molecule has 0 aliphatic carbocycles. The topological polar surface area (TPSA) is 57.9 Å². The van der Waals surface area contributed by atoms with Crippen LogP contribution in [0, 0.1) is 6.92 Å². The molecule has 3 N–H and O–H groups in total. The zero-order valence-electron chi connectivity index (χ0n) is 6.96. The zero-order chi connectivity index (χ0) is 8.27. The van der Waals surface area contributed by atoms with Gasteiger partial charge in [0.05, 0.1) is 0 Å². The molecule has 4 heteroatoms. The molecule has 0 saturated carbocycles. The summed E-state index contributed by atoms with van der Waals surface area (Å²) in [6.45, 7) is 3.45. The van der Waals surface area contributed by atoms with Gasteiger partial charge in [0.1, 0.15) is 0 Å². The van der Waals surface area contributed by atoms with Crippen LogP contribution < -0.4 is 10.6 Å². The standard InChI is InChI=1S/C7H14N4/c1-6-5-9-7(10-6)11(2)4-3-8/h5H,3-4,8H2,1-2H3,(H,9,10). The first-order chi connectivity index (χ1) is 5.24. The van der Waals surface area contributed by atoms with E-state index in [1.54, 1.807) is 0 Å². The van der Waals surface area contributed by atoms with E-state index >= 15 is 0 Å². The number of nitrogens with zero attached hydrogens (tertiary/aromatic N) is 2. The molecule has 1 aromatic rings. The van der Waals surface area contributed by atoms with E-state index in [0.717, 1.165) is 18.2 Å². The van der Waals surface area contributed by atoms with Crippen molar-refractivity contribution in [1.29, 1.82) is 0 Å². The number of aryl methyl sites for hydroxylation is 1. The third-order valence-electron chi connectivity index (χ3n) is 1.52.